The molecule has 37 heavy (non-hydrogen) atoms. The van der Waals surface area contributed by atoms with Crippen molar-refractivity contribution in [3.63, 3.8) is 0 Å². The molecule has 3 aromatic rings. The quantitative estimate of drug-likeness (QED) is 0.325. The first kappa shape index (κ1) is 25.4. The van der Waals surface area contributed by atoms with Crippen molar-refractivity contribution in [3.8, 4) is 0 Å². The number of hydrogen-bond donors (Lipinski definition) is 0. The predicted octanol–water partition coefficient (Wildman–Crippen LogP) is 5.01. The first-order valence-corrected chi connectivity index (χ1v) is 11.6. The Labute approximate surface area is 216 Å². The van der Waals surface area contributed by atoms with E-state index in [4.69, 9.17) is 28.0 Å². The molecule has 7 nitrogen and oxygen atoms in total. The van der Waals surface area contributed by atoms with Gasteiger partial charge in [-0.3, -0.25) is 14.5 Å². The fourth-order valence-corrected chi connectivity index (χ4v) is 4.69. The zero-order valence-corrected chi connectivity index (χ0v) is 20.2. The van der Waals surface area contributed by atoms with Gasteiger partial charge in [-0.1, -0.05) is 28.4 Å². The summed E-state index contributed by atoms with van der Waals surface area (Å²) in [4.78, 5) is 22.6. The van der Waals surface area contributed by atoms with Crippen LogP contribution in [0.4, 0.5) is 22.0 Å². The highest BCUT2D eigenvalue weighted by molar-refractivity contribution is 6.35. The number of rotatable bonds is 5. The number of aromatic nitrogens is 3. The molecule has 1 aromatic carbocycles. The van der Waals surface area contributed by atoms with E-state index < -0.39 is 45.3 Å². The minimum Gasteiger partial charge on any atom is -0.374 e. The molecule has 4 heterocycles. The van der Waals surface area contributed by atoms with E-state index in [1.807, 2.05) is 0 Å². The lowest BCUT2D eigenvalue weighted by Crippen LogP contribution is -2.59. The molecule has 2 aliphatic heterocycles. The SMILES string of the molecule is O=C(Cn1cccn1)N1CC(F)(c2ccc(C3=NOC(c4cc(Cl)c(F)c(Cl)c4)(C(F)(F)F)C3)cn2)C1. The lowest BCUT2D eigenvalue weighted by atomic mass is 9.86. The van der Waals surface area contributed by atoms with Crippen LogP contribution in [0, 0.1) is 5.82 Å². The summed E-state index contributed by atoms with van der Waals surface area (Å²) >= 11 is 11.4. The number of amides is 1. The number of pyridine rings is 1. The molecule has 1 saturated heterocycles. The van der Waals surface area contributed by atoms with Crippen molar-refractivity contribution in [3.05, 3.63) is 81.6 Å². The Morgan fingerprint density at radius 3 is 2.43 bits per heavy atom. The summed E-state index contributed by atoms with van der Waals surface area (Å²) in [5, 5.41) is 6.35. The van der Waals surface area contributed by atoms with Gasteiger partial charge in [-0.15, -0.1) is 0 Å². The third-order valence-electron chi connectivity index (χ3n) is 6.28. The Bertz CT molecular complexity index is 1350. The van der Waals surface area contributed by atoms with Gasteiger partial charge in [0.15, 0.2) is 11.5 Å². The molecule has 0 aliphatic carbocycles. The summed E-state index contributed by atoms with van der Waals surface area (Å²) in [5.74, 6) is -1.36. The van der Waals surface area contributed by atoms with Crippen LogP contribution in [0.2, 0.25) is 10.0 Å². The average molecular weight is 560 g/mol. The van der Waals surface area contributed by atoms with Gasteiger partial charge in [0.25, 0.3) is 5.60 Å². The number of carbonyl (C=O) groups excluding carboxylic acids is 1. The van der Waals surface area contributed by atoms with Crippen molar-refractivity contribution in [2.75, 3.05) is 13.1 Å². The molecule has 0 radical (unpaired) electrons. The van der Waals surface area contributed by atoms with Crippen molar-refractivity contribution in [2.45, 2.75) is 30.4 Å². The van der Waals surface area contributed by atoms with Crippen LogP contribution in [-0.2, 0) is 27.4 Å². The van der Waals surface area contributed by atoms with E-state index in [0.717, 1.165) is 12.1 Å². The summed E-state index contributed by atoms with van der Waals surface area (Å²) in [6.45, 7) is -0.458. The molecular weight excluding hydrogens is 544 g/mol. The number of nitrogens with zero attached hydrogens (tertiary/aromatic N) is 5. The fourth-order valence-electron chi connectivity index (χ4n) is 4.21. The summed E-state index contributed by atoms with van der Waals surface area (Å²) in [7, 11) is 0. The van der Waals surface area contributed by atoms with E-state index in [9.17, 15) is 22.4 Å². The standard InChI is InChI=1S/C23H16Cl2F5N5O2/c24-15-6-14(7-16(25)20(15)26)22(23(28,29)30)8-17(33-37-22)13-2-3-18(31-9-13)21(27)11-34(12-21)19(36)10-35-5-1-4-32-35/h1-7,9H,8,10-12H2. The molecule has 2 aliphatic rings. The molecule has 1 amide bonds. The predicted molar refractivity (Wildman–Crippen MR) is 122 cm³/mol. The van der Waals surface area contributed by atoms with E-state index in [0.29, 0.717) is 0 Å². The normalized spacial score (nSPS) is 20.8. The molecule has 1 atom stereocenters. The second-order valence-electron chi connectivity index (χ2n) is 8.74. The Hall–Kier alpha value is -3.25. The monoisotopic (exact) mass is 559 g/mol. The molecule has 0 saturated carbocycles. The summed E-state index contributed by atoms with van der Waals surface area (Å²) < 4.78 is 73.0. The zero-order valence-electron chi connectivity index (χ0n) is 18.6. The van der Waals surface area contributed by atoms with Gasteiger partial charge >= 0.3 is 6.18 Å². The number of benzene rings is 1. The van der Waals surface area contributed by atoms with Crippen molar-refractivity contribution in [1.82, 2.24) is 19.7 Å². The molecule has 194 valence electrons. The van der Waals surface area contributed by atoms with E-state index >= 15 is 4.39 Å². The third kappa shape index (κ3) is 4.42. The van der Waals surface area contributed by atoms with Crippen molar-refractivity contribution < 1.29 is 31.6 Å². The van der Waals surface area contributed by atoms with Crippen LogP contribution in [-0.4, -0.2) is 50.5 Å². The smallest absolute Gasteiger partial charge is 0.374 e. The molecule has 1 unspecified atom stereocenters. The second kappa shape index (κ2) is 8.95. The minimum atomic E-state index is -4.96. The maximum Gasteiger partial charge on any atom is 0.435 e. The highest BCUT2D eigenvalue weighted by atomic mass is 35.5. The van der Waals surface area contributed by atoms with Crippen LogP contribution in [0.25, 0.3) is 0 Å². The first-order valence-electron chi connectivity index (χ1n) is 10.8. The van der Waals surface area contributed by atoms with Gasteiger partial charge in [0, 0.05) is 29.7 Å². The Balaban J connectivity index is 1.31. The maximum atomic E-state index is 15.3. The van der Waals surface area contributed by atoms with Gasteiger partial charge in [0.1, 0.15) is 6.54 Å². The summed E-state index contributed by atoms with van der Waals surface area (Å²) in [6.07, 6.45) is -1.41. The van der Waals surface area contributed by atoms with E-state index in [1.165, 1.54) is 34.1 Å². The largest absolute Gasteiger partial charge is 0.435 e. The van der Waals surface area contributed by atoms with Gasteiger partial charge in [0.2, 0.25) is 5.91 Å². The van der Waals surface area contributed by atoms with E-state index in [1.54, 1.807) is 12.3 Å². The maximum absolute atomic E-state index is 15.3. The van der Waals surface area contributed by atoms with Gasteiger partial charge < -0.3 is 9.74 Å². The first-order chi connectivity index (χ1) is 17.4. The number of oxime groups is 1. The van der Waals surface area contributed by atoms with Gasteiger partial charge in [0.05, 0.1) is 41.0 Å². The molecule has 0 N–H and O–H groups in total. The Morgan fingerprint density at radius 1 is 1.16 bits per heavy atom. The molecule has 14 heteroatoms. The van der Waals surface area contributed by atoms with Gasteiger partial charge in [-0.25, -0.2) is 8.78 Å². The van der Waals surface area contributed by atoms with E-state index in [2.05, 4.69) is 15.2 Å². The van der Waals surface area contributed by atoms with Crippen LogP contribution < -0.4 is 0 Å². The summed E-state index contributed by atoms with van der Waals surface area (Å²) in [6, 6.07) is 5.94. The minimum absolute atomic E-state index is 0.0260. The van der Waals surface area contributed by atoms with Gasteiger partial charge in [-0.05, 0) is 30.3 Å². The topological polar surface area (TPSA) is 72.6 Å². The second-order valence-corrected chi connectivity index (χ2v) is 9.55. The molecule has 5 rings (SSSR count). The van der Waals surface area contributed by atoms with Gasteiger partial charge in [-0.2, -0.15) is 18.3 Å². The Kier molecular flexibility index (Phi) is 6.14. The highest BCUT2D eigenvalue weighted by Crippen LogP contribution is 2.50. The lowest BCUT2D eigenvalue weighted by Gasteiger charge is -2.43. The molecule has 0 bridgehead atoms. The average Bonchev–Trinajstić information content (AvgIpc) is 3.51. The van der Waals surface area contributed by atoms with Crippen molar-refractivity contribution in [2.24, 2.45) is 5.16 Å². The fraction of sp³-hybridized carbons (Fsp3) is 0.304. The molecular formula is C23H16Cl2F5N5O2. The number of halogens is 7. The van der Waals surface area contributed by atoms with E-state index in [-0.39, 0.29) is 42.5 Å². The van der Waals surface area contributed by atoms with Crippen LogP contribution in [0.1, 0.15) is 23.2 Å². The van der Waals surface area contributed by atoms with Crippen molar-refractivity contribution in [1.29, 1.82) is 0 Å². The third-order valence-corrected chi connectivity index (χ3v) is 6.83. The van der Waals surface area contributed by atoms with Crippen molar-refractivity contribution >= 4 is 34.8 Å². The Morgan fingerprint density at radius 2 is 1.86 bits per heavy atom. The molecule has 1 fully saturated rings. The number of alkyl halides is 4. The molecule has 0 spiro atoms. The van der Waals surface area contributed by atoms with Crippen LogP contribution >= 0.6 is 23.2 Å². The number of hydrogen-bond acceptors (Lipinski definition) is 5. The zero-order chi connectivity index (χ0) is 26.6. The van der Waals surface area contributed by atoms with Crippen LogP contribution in [0.15, 0.2) is 54.1 Å². The van der Waals surface area contributed by atoms with Crippen LogP contribution in [0.3, 0.4) is 0 Å². The summed E-state index contributed by atoms with van der Waals surface area (Å²) in [5.41, 5.74) is -5.28. The van der Waals surface area contributed by atoms with Crippen LogP contribution in [0.5, 0.6) is 0 Å². The number of likely N-dealkylation sites (tertiary alicyclic amines) is 1. The number of carbonyl (C=O) groups is 1. The molecule has 2 aromatic heterocycles. The lowest BCUT2D eigenvalue weighted by molar-refractivity contribution is -0.275. The highest BCUT2D eigenvalue weighted by Gasteiger charge is 2.62.